The van der Waals surface area contributed by atoms with Crippen LogP contribution in [0.4, 0.5) is 26.3 Å². The summed E-state index contributed by atoms with van der Waals surface area (Å²) in [4.78, 5) is 16.1. The van der Waals surface area contributed by atoms with Crippen molar-refractivity contribution in [3.63, 3.8) is 0 Å². The summed E-state index contributed by atoms with van der Waals surface area (Å²) in [5, 5.41) is 9.45. The molecule has 1 aliphatic heterocycles. The Hall–Kier alpha value is -2.43. The van der Waals surface area contributed by atoms with Crippen LogP contribution in [0.2, 0.25) is 0 Å². The van der Waals surface area contributed by atoms with Crippen molar-refractivity contribution in [3.8, 4) is 5.75 Å². The zero-order chi connectivity index (χ0) is 20.0. The second kappa shape index (κ2) is 6.63. The van der Waals surface area contributed by atoms with Crippen molar-refractivity contribution in [1.82, 2.24) is 9.88 Å². The van der Waals surface area contributed by atoms with Crippen molar-refractivity contribution in [1.29, 1.82) is 0 Å². The second-order valence-electron chi connectivity index (χ2n) is 6.14. The minimum Gasteiger partial charge on any atom is -0.405 e. The van der Waals surface area contributed by atoms with Gasteiger partial charge in [-0.1, -0.05) is 6.07 Å². The van der Waals surface area contributed by atoms with E-state index in [2.05, 4.69) is 9.72 Å². The Labute approximate surface area is 148 Å². The highest BCUT2D eigenvalue weighted by Gasteiger charge is 2.48. The first-order valence-corrected chi connectivity index (χ1v) is 7.90. The zero-order valence-corrected chi connectivity index (χ0v) is 13.6. The topological polar surface area (TPSA) is 65.6 Å². The molecule has 2 atom stereocenters. The van der Waals surface area contributed by atoms with E-state index in [9.17, 15) is 36.2 Å². The molecule has 11 heteroatoms. The van der Waals surface area contributed by atoms with Gasteiger partial charge in [-0.2, -0.15) is 13.2 Å². The maximum absolute atomic E-state index is 12.8. The minimum atomic E-state index is -4.94. The van der Waals surface area contributed by atoms with Crippen LogP contribution in [-0.4, -0.2) is 52.1 Å². The van der Waals surface area contributed by atoms with Crippen LogP contribution in [0.3, 0.4) is 0 Å². The van der Waals surface area contributed by atoms with E-state index in [-0.39, 0.29) is 36.0 Å². The number of hydrogen-bond donors (Lipinski definition) is 2. The van der Waals surface area contributed by atoms with Gasteiger partial charge >= 0.3 is 12.5 Å². The molecule has 0 spiro atoms. The number of carbonyl (C=O) groups is 1. The number of aromatic amines is 1. The number of rotatable bonds is 3. The van der Waals surface area contributed by atoms with Gasteiger partial charge in [0, 0.05) is 17.4 Å². The molecule has 5 nitrogen and oxygen atoms in total. The Morgan fingerprint density at radius 3 is 2.59 bits per heavy atom. The van der Waals surface area contributed by atoms with Crippen LogP contribution in [0, 0.1) is 0 Å². The Kier molecular flexibility index (Phi) is 4.74. The van der Waals surface area contributed by atoms with Crippen molar-refractivity contribution in [2.45, 2.75) is 37.5 Å². The van der Waals surface area contributed by atoms with E-state index in [0.29, 0.717) is 0 Å². The van der Waals surface area contributed by atoms with Crippen molar-refractivity contribution in [2.75, 3.05) is 6.54 Å². The zero-order valence-electron chi connectivity index (χ0n) is 13.6. The number of nitrogens with one attached hydrogen (secondary N) is 1. The number of aliphatic hydroxyl groups is 1. The molecular weight excluding hydrogens is 382 g/mol. The quantitative estimate of drug-likeness (QED) is 0.780. The number of halogens is 6. The van der Waals surface area contributed by atoms with Crippen molar-refractivity contribution < 1.29 is 41.0 Å². The van der Waals surface area contributed by atoms with Crippen molar-refractivity contribution in [2.24, 2.45) is 0 Å². The van der Waals surface area contributed by atoms with Crippen molar-refractivity contribution >= 4 is 16.8 Å². The Bertz CT molecular complexity index is 845. The summed E-state index contributed by atoms with van der Waals surface area (Å²) in [6.07, 6.45) is -12.3. The average Bonchev–Trinajstić information content (AvgIpc) is 3.18. The molecule has 148 valence electrons. The summed E-state index contributed by atoms with van der Waals surface area (Å²) in [6, 6.07) is 3.38. The van der Waals surface area contributed by atoms with Crippen LogP contribution in [0.1, 0.15) is 23.3 Å². The molecule has 2 aromatic rings. The van der Waals surface area contributed by atoms with E-state index in [1.807, 2.05) is 0 Å². The molecule has 1 saturated heterocycles. The number of amides is 1. The number of nitrogens with zero attached hydrogens (tertiary/aromatic N) is 1. The van der Waals surface area contributed by atoms with Gasteiger partial charge in [0.25, 0.3) is 5.91 Å². The fourth-order valence-electron chi connectivity index (χ4n) is 3.20. The average molecular weight is 396 g/mol. The summed E-state index contributed by atoms with van der Waals surface area (Å²) in [5.74, 6) is -1.38. The number of carbonyl (C=O) groups excluding carboxylic acids is 1. The highest BCUT2D eigenvalue weighted by molar-refractivity contribution is 6.00. The number of hydrogen-bond acceptors (Lipinski definition) is 3. The van der Waals surface area contributed by atoms with Gasteiger partial charge in [-0.05, 0) is 31.0 Å². The maximum atomic E-state index is 12.8. The van der Waals surface area contributed by atoms with Gasteiger partial charge in [-0.3, -0.25) is 4.79 Å². The highest BCUT2D eigenvalue weighted by atomic mass is 19.4. The van der Waals surface area contributed by atoms with Crippen LogP contribution in [0.25, 0.3) is 10.9 Å². The van der Waals surface area contributed by atoms with E-state index < -0.39 is 36.3 Å². The van der Waals surface area contributed by atoms with Crippen molar-refractivity contribution in [3.05, 3.63) is 30.0 Å². The summed E-state index contributed by atoms with van der Waals surface area (Å²) in [6.45, 7) is -0.00207. The molecule has 27 heavy (non-hydrogen) atoms. The van der Waals surface area contributed by atoms with Gasteiger partial charge < -0.3 is 19.7 Å². The third-order valence-corrected chi connectivity index (χ3v) is 4.34. The third-order valence-electron chi connectivity index (χ3n) is 4.34. The molecule has 0 saturated carbocycles. The lowest BCUT2D eigenvalue weighted by Crippen LogP contribution is -2.49. The van der Waals surface area contributed by atoms with E-state index in [1.165, 1.54) is 12.1 Å². The molecule has 0 unspecified atom stereocenters. The Morgan fingerprint density at radius 2 is 1.96 bits per heavy atom. The number of fused-ring (bicyclic) bond motifs is 1. The minimum absolute atomic E-state index is 0.00207. The molecular formula is C16H14F6N2O3. The molecule has 0 radical (unpaired) electrons. The molecule has 1 amide bonds. The molecule has 2 N–H and O–H groups in total. The standard InChI is InChI=1S/C16H14F6N2O3/c17-15(18,19)13(25)11-4-2-6-24(11)14(26)10-7-8-9(23-10)3-1-5-12(8)27-16(20,21)22/h1,3,5,7,11,13,23,25H,2,4,6H2/t11-,13-/m1/s1. The van der Waals surface area contributed by atoms with E-state index >= 15 is 0 Å². The summed E-state index contributed by atoms with van der Waals surface area (Å²) >= 11 is 0. The fourth-order valence-corrected chi connectivity index (χ4v) is 3.20. The van der Waals surface area contributed by atoms with Gasteiger partial charge in [0.2, 0.25) is 0 Å². The lowest BCUT2D eigenvalue weighted by molar-refractivity contribution is -0.274. The lowest BCUT2D eigenvalue weighted by Gasteiger charge is -2.29. The highest BCUT2D eigenvalue weighted by Crippen LogP contribution is 2.34. The molecule has 1 fully saturated rings. The van der Waals surface area contributed by atoms with Gasteiger partial charge in [0.05, 0.1) is 6.04 Å². The van der Waals surface area contributed by atoms with Crippen LogP contribution < -0.4 is 4.74 Å². The maximum Gasteiger partial charge on any atom is 0.573 e. The Balaban J connectivity index is 1.91. The van der Waals surface area contributed by atoms with Gasteiger partial charge in [0.15, 0.2) is 6.10 Å². The van der Waals surface area contributed by atoms with Crippen LogP contribution in [-0.2, 0) is 0 Å². The number of alkyl halides is 6. The van der Waals surface area contributed by atoms with Gasteiger partial charge in [-0.15, -0.1) is 13.2 Å². The number of aliphatic hydroxyl groups excluding tert-OH is 1. The predicted molar refractivity (Wildman–Crippen MR) is 81.1 cm³/mol. The Morgan fingerprint density at radius 1 is 1.26 bits per heavy atom. The second-order valence-corrected chi connectivity index (χ2v) is 6.14. The fraction of sp³-hybridized carbons (Fsp3) is 0.438. The smallest absolute Gasteiger partial charge is 0.405 e. The van der Waals surface area contributed by atoms with E-state index in [1.54, 1.807) is 0 Å². The van der Waals surface area contributed by atoms with Gasteiger partial charge in [-0.25, -0.2) is 0 Å². The molecule has 1 aromatic carbocycles. The van der Waals surface area contributed by atoms with Crippen LogP contribution >= 0.6 is 0 Å². The normalized spacial score (nSPS) is 19.5. The summed E-state index contributed by atoms with van der Waals surface area (Å²) < 4.78 is 79.8. The first-order valence-electron chi connectivity index (χ1n) is 7.90. The van der Waals surface area contributed by atoms with E-state index in [0.717, 1.165) is 17.0 Å². The van der Waals surface area contributed by atoms with E-state index in [4.69, 9.17) is 0 Å². The monoisotopic (exact) mass is 396 g/mol. The molecule has 1 aromatic heterocycles. The molecule has 0 bridgehead atoms. The van der Waals surface area contributed by atoms with Gasteiger partial charge in [0.1, 0.15) is 11.4 Å². The number of ether oxygens (including phenoxy) is 1. The number of benzene rings is 1. The largest absolute Gasteiger partial charge is 0.573 e. The first kappa shape index (κ1) is 19.3. The van der Waals surface area contributed by atoms with Crippen LogP contribution in [0.5, 0.6) is 5.75 Å². The first-order chi connectivity index (χ1) is 12.5. The number of likely N-dealkylation sites (tertiary alicyclic amines) is 1. The molecule has 1 aliphatic rings. The molecule has 0 aliphatic carbocycles. The molecule has 2 heterocycles. The summed E-state index contributed by atoms with van der Waals surface area (Å²) in [5.41, 5.74) is -0.0308. The lowest BCUT2D eigenvalue weighted by atomic mass is 10.1. The number of H-pyrrole nitrogens is 1. The number of aromatic nitrogens is 1. The summed E-state index contributed by atoms with van der Waals surface area (Å²) in [7, 11) is 0. The predicted octanol–water partition coefficient (Wildman–Crippen LogP) is 3.59. The van der Waals surface area contributed by atoms with Crippen LogP contribution in [0.15, 0.2) is 24.3 Å². The third kappa shape index (κ3) is 3.97. The molecule has 3 rings (SSSR count). The SMILES string of the molecule is O=C(c1cc2c(OC(F)(F)F)cccc2[nH]1)N1CCC[C@@H]1[C@@H](O)C(F)(F)F.